The third-order valence-electron chi connectivity index (χ3n) is 3.08. The largest absolute Gasteiger partial charge is 0.479 e. The first kappa shape index (κ1) is 13.7. The molecule has 3 nitrogen and oxygen atoms in total. The highest BCUT2D eigenvalue weighted by Gasteiger charge is 2.38. The fourth-order valence-corrected chi connectivity index (χ4v) is 1.82. The number of aliphatic carboxylic acids is 1. The molecule has 17 heavy (non-hydrogen) atoms. The van der Waals surface area contributed by atoms with E-state index in [0.717, 1.165) is 12.0 Å². The molecule has 1 N–H and O–H groups in total. The van der Waals surface area contributed by atoms with Crippen molar-refractivity contribution in [1.29, 1.82) is 0 Å². The Morgan fingerprint density at radius 2 is 2.06 bits per heavy atom. The predicted molar refractivity (Wildman–Crippen MR) is 67.0 cm³/mol. The number of carboxylic acid groups (broad SMARTS) is 1. The van der Waals surface area contributed by atoms with E-state index >= 15 is 0 Å². The molecule has 0 aliphatic rings. The number of rotatable bonds is 5. The average Bonchev–Trinajstić information content (AvgIpc) is 2.28. The van der Waals surface area contributed by atoms with Gasteiger partial charge in [0.2, 0.25) is 0 Å². The Morgan fingerprint density at radius 3 is 2.53 bits per heavy atom. The van der Waals surface area contributed by atoms with Gasteiger partial charge in [0.25, 0.3) is 0 Å². The smallest absolute Gasteiger partial charge is 0.340 e. The van der Waals surface area contributed by atoms with Crippen LogP contribution in [-0.2, 0) is 15.1 Å². The second-order valence-corrected chi connectivity index (χ2v) is 4.49. The lowest BCUT2D eigenvalue weighted by Crippen LogP contribution is -2.38. The van der Waals surface area contributed by atoms with Gasteiger partial charge in [0, 0.05) is 0 Å². The van der Waals surface area contributed by atoms with E-state index in [0.29, 0.717) is 5.56 Å². The van der Waals surface area contributed by atoms with Gasteiger partial charge in [-0.15, -0.1) is 0 Å². The van der Waals surface area contributed by atoms with E-state index in [1.54, 1.807) is 6.92 Å². The topological polar surface area (TPSA) is 46.5 Å². The quantitative estimate of drug-likeness (QED) is 0.854. The third-order valence-corrected chi connectivity index (χ3v) is 3.08. The van der Waals surface area contributed by atoms with Crippen molar-refractivity contribution >= 4 is 5.97 Å². The number of carboxylic acids is 1. The van der Waals surface area contributed by atoms with Gasteiger partial charge < -0.3 is 9.84 Å². The summed E-state index contributed by atoms with van der Waals surface area (Å²) in [4.78, 5) is 11.5. The lowest BCUT2D eigenvalue weighted by Gasteiger charge is -2.30. The molecule has 3 heteroatoms. The van der Waals surface area contributed by atoms with E-state index in [9.17, 15) is 9.90 Å². The molecule has 0 amide bonds. The zero-order valence-corrected chi connectivity index (χ0v) is 10.9. The van der Waals surface area contributed by atoms with Gasteiger partial charge in [-0.2, -0.15) is 0 Å². The van der Waals surface area contributed by atoms with E-state index in [1.165, 1.54) is 0 Å². The van der Waals surface area contributed by atoms with E-state index in [1.807, 2.05) is 45.0 Å². The number of ether oxygens (including phenoxy) is 1. The predicted octanol–water partition coefficient (Wildman–Crippen LogP) is 3.11. The Balaban J connectivity index is 3.17. The molecule has 0 bridgehead atoms. The molecule has 0 spiro atoms. The summed E-state index contributed by atoms with van der Waals surface area (Å²) in [5.41, 5.74) is 0.370. The SMILES string of the molecule is CCC(C)OC(C)(C(=O)O)c1ccccc1C. The van der Waals surface area contributed by atoms with Crippen LogP contribution in [0.25, 0.3) is 0 Å². The highest BCUT2D eigenvalue weighted by molar-refractivity contribution is 5.79. The maximum Gasteiger partial charge on any atom is 0.340 e. The van der Waals surface area contributed by atoms with Gasteiger partial charge in [-0.3, -0.25) is 0 Å². The van der Waals surface area contributed by atoms with E-state index < -0.39 is 11.6 Å². The second kappa shape index (κ2) is 5.32. The zero-order chi connectivity index (χ0) is 13.1. The summed E-state index contributed by atoms with van der Waals surface area (Å²) in [6.45, 7) is 7.38. The van der Waals surface area contributed by atoms with E-state index in [4.69, 9.17) is 4.74 Å². The number of carbonyl (C=O) groups is 1. The molecule has 2 atom stereocenters. The van der Waals surface area contributed by atoms with Crippen LogP contribution >= 0.6 is 0 Å². The molecule has 0 aliphatic carbocycles. The summed E-state index contributed by atoms with van der Waals surface area (Å²) in [7, 11) is 0. The first-order valence-corrected chi connectivity index (χ1v) is 5.89. The van der Waals surface area contributed by atoms with Gasteiger partial charge in [-0.05, 0) is 38.3 Å². The van der Waals surface area contributed by atoms with Crippen molar-refractivity contribution in [3.8, 4) is 0 Å². The average molecular weight is 236 g/mol. The van der Waals surface area contributed by atoms with Crippen molar-refractivity contribution in [3.05, 3.63) is 35.4 Å². The maximum absolute atomic E-state index is 11.5. The van der Waals surface area contributed by atoms with Crippen molar-refractivity contribution in [3.63, 3.8) is 0 Å². The van der Waals surface area contributed by atoms with Crippen molar-refractivity contribution in [2.24, 2.45) is 0 Å². The van der Waals surface area contributed by atoms with Crippen LogP contribution < -0.4 is 0 Å². The van der Waals surface area contributed by atoms with Gasteiger partial charge in [0.1, 0.15) is 0 Å². The normalized spacial score (nSPS) is 16.2. The molecule has 0 saturated heterocycles. The van der Waals surface area contributed by atoms with Crippen molar-refractivity contribution in [1.82, 2.24) is 0 Å². The number of hydrogen-bond acceptors (Lipinski definition) is 2. The number of hydrogen-bond donors (Lipinski definition) is 1. The first-order chi connectivity index (χ1) is 7.91. The molecule has 1 rings (SSSR count). The minimum atomic E-state index is -1.28. The van der Waals surface area contributed by atoms with Gasteiger partial charge in [-0.1, -0.05) is 31.2 Å². The molecule has 0 radical (unpaired) electrons. The Bertz CT molecular complexity index is 400. The molecule has 0 saturated carbocycles. The fraction of sp³-hybridized carbons (Fsp3) is 0.500. The van der Waals surface area contributed by atoms with Crippen molar-refractivity contribution < 1.29 is 14.6 Å². The summed E-state index contributed by atoms with van der Waals surface area (Å²) in [6.07, 6.45) is 0.699. The van der Waals surface area contributed by atoms with Gasteiger partial charge in [0.15, 0.2) is 5.60 Å². The number of benzene rings is 1. The molecule has 2 unspecified atom stereocenters. The van der Waals surface area contributed by atoms with E-state index in [2.05, 4.69) is 0 Å². The molecule has 94 valence electrons. The Hall–Kier alpha value is -1.35. The summed E-state index contributed by atoms with van der Waals surface area (Å²) in [6, 6.07) is 7.44. The lowest BCUT2D eigenvalue weighted by molar-refractivity contribution is -0.172. The van der Waals surface area contributed by atoms with Crippen LogP contribution in [0.15, 0.2) is 24.3 Å². The standard InChI is InChI=1S/C14H20O3/c1-5-11(3)17-14(4,13(15)16)12-9-7-6-8-10(12)2/h6-9,11H,5H2,1-4H3,(H,15,16). The van der Waals surface area contributed by atoms with Crippen LogP contribution in [0.2, 0.25) is 0 Å². The summed E-state index contributed by atoms with van der Waals surface area (Å²) >= 11 is 0. The summed E-state index contributed by atoms with van der Waals surface area (Å²) < 4.78 is 5.72. The second-order valence-electron chi connectivity index (χ2n) is 4.49. The van der Waals surface area contributed by atoms with Gasteiger partial charge in [-0.25, -0.2) is 4.79 Å². The Morgan fingerprint density at radius 1 is 1.47 bits per heavy atom. The van der Waals surface area contributed by atoms with Crippen LogP contribution in [0.4, 0.5) is 0 Å². The molecular formula is C14H20O3. The van der Waals surface area contributed by atoms with Crippen LogP contribution in [-0.4, -0.2) is 17.2 Å². The molecule has 0 aromatic heterocycles. The minimum absolute atomic E-state index is 0.0873. The monoisotopic (exact) mass is 236 g/mol. The molecule has 0 aliphatic heterocycles. The Kier molecular flexibility index (Phi) is 4.29. The molecular weight excluding hydrogens is 216 g/mol. The van der Waals surface area contributed by atoms with Crippen LogP contribution in [0.3, 0.4) is 0 Å². The highest BCUT2D eigenvalue weighted by atomic mass is 16.5. The summed E-state index contributed by atoms with van der Waals surface area (Å²) in [5, 5.41) is 9.43. The van der Waals surface area contributed by atoms with Crippen LogP contribution in [0, 0.1) is 6.92 Å². The van der Waals surface area contributed by atoms with E-state index in [-0.39, 0.29) is 6.10 Å². The summed E-state index contributed by atoms with van der Waals surface area (Å²) in [5.74, 6) is -0.952. The van der Waals surface area contributed by atoms with Crippen molar-refractivity contribution in [2.75, 3.05) is 0 Å². The first-order valence-electron chi connectivity index (χ1n) is 5.89. The molecule has 1 aromatic rings. The van der Waals surface area contributed by atoms with Gasteiger partial charge >= 0.3 is 5.97 Å². The highest BCUT2D eigenvalue weighted by Crippen LogP contribution is 2.30. The fourth-order valence-electron chi connectivity index (χ4n) is 1.82. The van der Waals surface area contributed by atoms with Crippen LogP contribution in [0.5, 0.6) is 0 Å². The van der Waals surface area contributed by atoms with Gasteiger partial charge in [0.05, 0.1) is 6.10 Å². The molecule has 0 heterocycles. The lowest BCUT2D eigenvalue weighted by atomic mass is 9.91. The van der Waals surface area contributed by atoms with Crippen molar-refractivity contribution in [2.45, 2.75) is 45.8 Å². The molecule has 0 fully saturated rings. The minimum Gasteiger partial charge on any atom is -0.479 e. The maximum atomic E-state index is 11.5. The molecule has 1 aromatic carbocycles. The zero-order valence-electron chi connectivity index (χ0n) is 10.9. The number of aryl methyl sites for hydroxylation is 1. The van der Waals surface area contributed by atoms with Crippen LogP contribution in [0.1, 0.15) is 38.3 Å². The third kappa shape index (κ3) is 2.86. The Labute approximate surface area is 102 Å².